The molecule has 0 bridgehead atoms. The highest BCUT2D eigenvalue weighted by atomic mass is 16.4. The zero-order valence-electron chi connectivity index (χ0n) is 15.1. The number of phenolic OH excluding ortho intramolecular Hbond substituents is 1. The number of hydrogen-bond donors (Lipinski definition) is 2. The number of nitrogens with one attached hydrogen (secondary N) is 1. The Bertz CT molecular complexity index is 1070. The Morgan fingerprint density at radius 3 is 2.59 bits per heavy atom. The maximum Gasteiger partial charge on any atom is 0.344 e. The highest BCUT2D eigenvalue weighted by Crippen LogP contribution is 2.27. The number of fused-ring (bicyclic) bond motifs is 3. The fraction of sp³-hybridized carbons (Fsp3) is 0.300. The molecule has 1 aliphatic heterocycles. The minimum atomic E-state index is -0.519. The molecule has 0 unspecified atom stereocenters. The summed E-state index contributed by atoms with van der Waals surface area (Å²) in [5.74, 6) is -0.0751. The number of likely N-dealkylation sites (N-methyl/N-ethyl adjacent to an activating group) is 1. The summed E-state index contributed by atoms with van der Waals surface area (Å²) in [5, 5.41) is 14.2. The lowest BCUT2D eigenvalue weighted by Crippen LogP contribution is -2.47. The molecular weight excluding hydrogens is 346 g/mol. The van der Waals surface area contributed by atoms with Gasteiger partial charge < -0.3 is 19.7 Å². The summed E-state index contributed by atoms with van der Waals surface area (Å²) < 4.78 is 5.38. The maximum atomic E-state index is 12.3. The lowest BCUT2D eigenvalue weighted by atomic mass is 10.1. The molecule has 2 aromatic carbocycles. The number of hydrogen-bond acceptors (Lipinski definition) is 6. The van der Waals surface area contributed by atoms with E-state index in [0.29, 0.717) is 28.6 Å². The van der Waals surface area contributed by atoms with Gasteiger partial charge in [-0.05, 0) is 37.4 Å². The van der Waals surface area contributed by atoms with Crippen LogP contribution in [0.3, 0.4) is 0 Å². The Balaban J connectivity index is 1.56. The number of benzene rings is 2. The lowest BCUT2D eigenvalue weighted by molar-refractivity contribution is -0.117. The molecule has 27 heavy (non-hydrogen) atoms. The number of rotatable bonds is 3. The average molecular weight is 367 g/mol. The van der Waals surface area contributed by atoms with E-state index in [9.17, 15) is 14.7 Å². The van der Waals surface area contributed by atoms with E-state index in [1.165, 1.54) is 12.1 Å². The first kappa shape index (κ1) is 17.5. The van der Waals surface area contributed by atoms with Crippen molar-refractivity contribution in [2.45, 2.75) is 0 Å². The number of phenols is 1. The summed E-state index contributed by atoms with van der Waals surface area (Å²) >= 11 is 0. The molecule has 0 aliphatic carbocycles. The van der Waals surface area contributed by atoms with E-state index in [-0.39, 0.29) is 11.7 Å². The van der Waals surface area contributed by atoms with E-state index in [4.69, 9.17) is 4.42 Å². The molecule has 4 rings (SSSR count). The molecular formula is C20H21N3O4. The van der Waals surface area contributed by atoms with E-state index >= 15 is 0 Å². The molecule has 2 heterocycles. The monoisotopic (exact) mass is 367 g/mol. The van der Waals surface area contributed by atoms with Crippen LogP contribution in [0.25, 0.3) is 21.7 Å². The SMILES string of the molecule is CN1CCN(CC(=O)Nc2ccc3c(c2)oc(=O)c2cc(O)ccc23)CC1. The van der Waals surface area contributed by atoms with Gasteiger partial charge in [-0.3, -0.25) is 9.69 Å². The summed E-state index contributed by atoms with van der Waals surface area (Å²) in [7, 11) is 2.07. The van der Waals surface area contributed by atoms with Gasteiger partial charge in [0.05, 0.1) is 11.9 Å². The predicted molar refractivity (Wildman–Crippen MR) is 104 cm³/mol. The normalized spacial score (nSPS) is 16.0. The third-order valence-corrected chi connectivity index (χ3v) is 4.94. The van der Waals surface area contributed by atoms with Crippen molar-refractivity contribution < 1.29 is 14.3 Å². The third kappa shape index (κ3) is 3.65. The van der Waals surface area contributed by atoms with Gasteiger partial charge in [0.15, 0.2) is 0 Å². The second kappa shape index (κ2) is 7.02. The average Bonchev–Trinajstić information content (AvgIpc) is 2.64. The van der Waals surface area contributed by atoms with Crippen molar-refractivity contribution in [3.8, 4) is 5.75 Å². The Labute approximate surface area is 155 Å². The first-order valence-electron chi connectivity index (χ1n) is 8.90. The van der Waals surface area contributed by atoms with Crippen LogP contribution in [0.15, 0.2) is 45.6 Å². The zero-order chi connectivity index (χ0) is 19.0. The van der Waals surface area contributed by atoms with Gasteiger partial charge in [0.25, 0.3) is 0 Å². The molecule has 0 saturated carbocycles. The first-order valence-corrected chi connectivity index (χ1v) is 8.90. The molecule has 0 spiro atoms. The number of carbonyl (C=O) groups is 1. The summed E-state index contributed by atoms with van der Waals surface area (Å²) in [5.41, 5.74) is 0.466. The van der Waals surface area contributed by atoms with Gasteiger partial charge in [-0.1, -0.05) is 0 Å². The summed E-state index contributed by atoms with van der Waals surface area (Å²) in [6, 6.07) is 9.87. The predicted octanol–water partition coefficient (Wildman–Crippen LogP) is 1.84. The van der Waals surface area contributed by atoms with Gasteiger partial charge in [-0.2, -0.15) is 0 Å². The minimum absolute atomic E-state index is 0.0157. The number of anilines is 1. The lowest BCUT2D eigenvalue weighted by Gasteiger charge is -2.31. The van der Waals surface area contributed by atoms with Crippen LogP contribution in [0, 0.1) is 0 Å². The molecule has 1 aliphatic rings. The quantitative estimate of drug-likeness (QED) is 0.543. The van der Waals surface area contributed by atoms with Crippen LogP contribution in [-0.2, 0) is 4.79 Å². The van der Waals surface area contributed by atoms with Gasteiger partial charge in [0.2, 0.25) is 5.91 Å². The van der Waals surface area contributed by atoms with E-state index in [1.807, 2.05) is 6.07 Å². The molecule has 7 heteroatoms. The fourth-order valence-corrected chi connectivity index (χ4v) is 3.41. The molecule has 3 aromatic rings. The topological polar surface area (TPSA) is 86.0 Å². The minimum Gasteiger partial charge on any atom is -0.508 e. The van der Waals surface area contributed by atoms with Gasteiger partial charge in [-0.25, -0.2) is 4.79 Å². The Morgan fingerprint density at radius 1 is 1.07 bits per heavy atom. The number of amides is 1. The molecule has 140 valence electrons. The highest BCUT2D eigenvalue weighted by Gasteiger charge is 2.17. The second-order valence-corrected chi connectivity index (χ2v) is 6.96. The maximum absolute atomic E-state index is 12.3. The Morgan fingerprint density at radius 2 is 1.81 bits per heavy atom. The molecule has 2 N–H and O–H groups in total. The van der Waals surface area contributed by atoms with Crippen molar-refractivity contribution in [3.63, 3.8) is 0 Å². The molecule has 1 aromatic heterocycles. The highest BCUT2D eigenvalue weighted by molar-refractivity contribution is 6.06. The van der Waals surface area contributed by atoms with E-state index in [1.54, 1.807) is 18.2 Å². The first-order chi connectivity index (χ1) is 13.0. The van der Waals surface area contributed by atoms with Crippen LogP contribution in [-0.4, -0.2) is 60.6 Å². The molecule has 7 nitrogen and oxygen atoms in total. The van der Waals surface area contributed by atoms with Crippen molar-refractivity contribution in [2.75, 3.05) is 45.1 Å². The van der Waals surface area contributed by atoms with E-state index < -0.39 is 5.63 Å². The second-order valence-electron chi connectivity index (χ2n) is 6.96. The number of aromatic hydroxyl groups is 1. The third-order valence-electron chi connectivity index (χ3n) is 4.94. The van der Waals surface area contributed by atoms with Crippen molar-refractivity contribution in [3.05, 3.63) is 46.8 Å². The van der Waals surface area contributed by atoms with Crippen LogP contribution in [0.5, 0.6) is 5.75 Å². The summed E-state index contributed by atoms with van der Waals surface area (Å²) in [6.07, 6.45) is 0. The largest absolute Gasteiger partial charge is 0.508 e. The Kier molecular flexibility index (Phi) is 4.55. The van der Waals surface area contributed by atoms with Crippen LogP contribution in [0.2, 0.25) is 0 Å². The number of nitrogens with zero attached hydrogens (tertiary/aromatic N) is 2. The van der Waals surface area contributed by atoms with Gasteiger partial charge >= 0.3 is 5.63 Å². The van der Waals surface area contributed by atoms with Crippen molar-refractivity contribution in [1.29, 1.82) is 0 Å². The van der Waals surface area contributed by atoms with Crippen LogP contribution in [0.1, 0.15) is 0 Å². The molecule has 0 radical (unpaired) electrons. The van der Waals surface area contributed by atoms with Crippen LogP contribution < -0.4 is 10.9 Å². The number of piperazine rings is 1. The Hall–Kier alpha value is -2.90. The van der Waals surface area contributed by atoms with Crippen LogP contribution in [0.4, 0.5) is 5.69 Å². The van der Waals surface area contributed by atoms with E-state index in [2.05, 4.69) is 22.2 Å². The zero-order valence-corrected chi connectivity index (χ0v) is 15.1. The van der Waals surface area contributed by atoms with Gasteiger partial charge in [0, 0.05) is 48.7 Å². The fourth-order valence-electron chi connectivity index (χ4n) is 3.41. The smallest absolute Gasteiger partial charge is 0.344 e. The summed E-state index contributed by atoms with van der Waals surface area (Å²) in [6.45, 7) is 3.99. The van der Waals surface area contributed by atoms with Gasteiger partial charge in [-0.15, -0.1) is 0 Å². The molecule has 1 saturated heterocycles. The standard InChI is InChI=1S/C20H21N3O4/c1-22-6-8-23(9-7-22)12-19(25)21-13-2-4-16-15-5-3-14(24)11-17(15)20(26)27-18(16)10-13/h2-5,10-11,24H,6-9,12H2,1H3,(H,21,25). The summed E-state index contributed by atoms with van der Waals surface area (Å²) in [4.78, 5) is 28.9. The van der Waals surface area contributed by atoms with E-state index in [0.717, 1.165) is 31.6 Å². The van der Waals surface area contributed by atoms with Crippen molar-refractivity contribution in [2.24, 2.45) is 0 Å². The van der Waals surface area contributed by atoms with Crippen LogP contribution >= 0.6 is 0 Å². The van der Waals surface area contributed by atoms with Gasteiger partial charge in [0.1, 0.15) is 11.3 Å². The number of carbonyl (C=O) groups excluding carboxylic acids is 1. The van der Waals surface area contributed by atoms with Crippen molar-refractivity contribution in [1.82, 2.24) is 9.80 Å². The molecule has 1 fully saturated rings. The molecule has 1 amide bonds. The van der Waals surface area contributed by atoms with Crippen molar-refractivity contribution >= 4 is 33.3 Å². The molecule has 0 atom stereocenters.